The molecule has 0 bridgehead atoms. The highest BCUT2D eigenvalue weighted by Crippen LogP contribution is 2.15. The Balaban J connectivity index is 0.00000363. The molecule has 1 unspecified atom stereocenters. The number of aliphatic hydroxyl groups excluding tert-OH is 1. The van der Waals surface area contributed by atoms with Gasteiger partial charge >= 0.3 is 0 Å². The number of nitrogens with zero attached hydrogens (tertiary/aromatic N) is 5. The first kappa shape index (κ1) is 26.3. The molecule has 2 aromatic rings. The predicted octanol–water partition coefficient (Wildman–Crippen LogP) is 1.94. The molecule has 1 aromatic carbocycles. The van der Waals surface area contributed by atoms with Crippen molar-refractivity contribution in [2.45, 2.75) is 19.3 Å². The lowest BCUT2D eigenvalue weighted by Gasteiger charge is -2.34. The van der Waals surface area contributed by atoms with Crippen molar-refractivity contribution >= 4 is 35.9 Å². The summed E-state index contributed by atoms with van der Waals surface area (Å²) in [5.74, 6) is 1.65. The molecule has 1 aliphatic heterocycles. The number of piperazine rings is 1. The van der Waals surface area contributed by atoms with Crippen molar-refractivity contribution in [2.75, 3.05) is 63.9 Å². The molecule has 3 rings (SSSR count). The first-order valence-electron chi connectivity index (χ1n) is 11.2. The van der Waals surface area contributed by atoms with Crippen molar-refractivity contribution in [1.82, 2.24) is 25.5 Å². The van der Waals surface area contributed by atoms with Gasteiger partial charge in [0.25, 0.3) is 0 Å². The monoisotopic (exact) mass is 553 g/mol. The summed E-state index contributed by atoms with van der Waals surface area (Å²) in [5, 5.41) is 16.5. The number of guanidine groups is 1. The minimum Gasteiger partial charge on any atom is -0.396 e. The van der Waals surface area contributed by atoms with Crippen molar-refractivity contribution in [3.05, 3.63) is 54.4 Å². The van der Waals surface area contributed by atoms with Gasteiger partial charge in [-0.2, -0.15) is 0 Å². The minimum atomic E-state index is 0. The van der Waals surface area contributed by atoms with Crippen LogP contribution in [0.5, 0.6) is 0 Å². The molecule has 3 N–H and O–H groups in total. The van der Waals surface area contributed by atoms with E-state index in [2.05, 4.69) is 42.3 Å². The summed E-state index contributed by atoms with van der Waals surface area (Å²) < 4.78 is 0. The van der Waals surface area contributed by atoms with Gasteiger partial charge in [0, 0.05) is 57.6 Å². The van der Waals surface area contributed by atoms with Crippen molar-refractivity contribution in [3.63, 3.8) is 0 Å². The van der Waals surface area contributed by atoms with Crippen LogP contribution in [0.15, 0.2) is 53.8 Å². The Labute approximate surface area is 208 Å². The fraction of sp³-hybridized carbons (Fsp3) is 0.522. The molecule has 1 aromatic heterocycles. The standard InChI is InChI=1S/C23H35N7O.HI/c1-2-24-22(28-18-21(19-31)20-8-4-3-5-9-20)25-12-7-13-29-14-16-30(17-15-29)23-26-10-6-11-27-23;/h3-6,8-11,21,31H,2,7,12-19H2,1H3,(H2,24,25,28);1H. The number of hydrogen-bond donors (Lipinski definition) is 3. The SMILES string of the molecule is CCNC(=NCC(CO)c1ccccc1)NCCCN1CCN(c2ncccn2)CC1.I. The molecule has 9 heteroatoms. The summed E-state index contributed by atoms with van der Waals surface area (Å²) in [4.78, 5) is 18.1. The zero-order valence-corrected chi connectivity index (χ0v) is 21.2. The van der Waals surface area contributed by atoms with Gasteiger partial charge < -0.3 is 20.6 Å². The summed E-state index contributed by atoms with van der Waals surface area (Å²) in [6, 6.07) is 11.9. The van der Waals surface area contributed by atoms with Gasteiger partial charge in [-0.15, -0.1) is 24.0 Å². The maximum Gasteiger partial charge on any atom is 0.225 e. The summed E-state index contributed by atoms with van der Waals surface area (Å²) >= 11 is 0. The fourth-order valence-corrected chi connectivity index (χ4v) is 3.67. The molecule has 8 nitrogen and oxygen atoms in total. The number of aliphatic hydroxyl groups is 1. The van der Waals surface area contributed by atoms with E-state index < -0.39 is 0 Å². The second-order valence-corrected chi connectivity index (χ2v) is 7.67. The van der Waals surface area contributed by atoms with Gasteiger partial charge in [-0.25, -0.2) is 9.97 Å². The zero-order valence-electron chi connectivity index (χ0n) is 18.9. The predicted molar refractivity (Wildman–Crippen MR) is 141 cm³/mol. The van der Waals surface area contributed by atoms with E-state index in [-0.39, 0.29) is 36.5 Å². The molecule has 0 saturated carbocycles. The smallest absolute Gasteiger partial charge is 0.225 e. The van der Waals surface area contributed by atoms with Crippen LogP contribution >= 0.6 is 24.0 Å². The topological polar surface area (TPSA) is 88.9 Å². The third-order valence-electron chi connectivity index (χ3n) is 5.46. The Kier molecular flexibility index (Phi) is 12.3. The lowest BCUT2D eigenvalue weighted by atomic mass is 10.0. The largest absolute Gasteiger partial charge is 0.396 e. The molecule has 2 heterocycles. The Bertz CT molecular complexity index is 770. The molecule has 1 atom stereocenters. The van der Waals surface area contributed by atoms with E-state index in [1.165, 1.54) is 0 Å². The van der Waals surface area contributed by atoms with E-state index in [4.69, 9.17) is 0 Å². The number of halogens is 1. The van der Waals surface area contributed by atoms with Gasteiger partial charge in [0.05, 0.1) is 13.2 Å². The number of hydrogen-bond acceptors (Lipinski definition) is 6. The molecule has 0 amide bonds. The minimum absolute atomic E-state index is 0. The average Bonchev–Trinajstić information content (AvgIpc) is 2.83. The molecule has 176 valence electrons. The van der Waals surface area contributed by atoms with Gasteiger partial charge in [-0.05, 0) is 31.5 Å². The number of benzene rings is 1. The van der Waals surface area contributed by atoms with E-state index in [9.17, 15) is 5.11 Å². The maximum atomic E-state index is 9.75. The molecule has 32 heavy (non-hydrogen) atoms. The maximum absolute atomic E-state index is 9.75. The van der Waals surface area contributed by atoms with Crippen LogP contribution in [-0.2, 0) is 0 Å². The number of aromatic nitrogens is 2. The Morgan fingerprint density at radius 1 is 1.06 bits per heavy atom. The van der Waals surface area contributed by atoms with Crippen LogP contribution in [0.1, 0.15) is 24.8 Å². The van der Waals surface area contributed by atoms with Gasteiger partial charge in [0.1, 0.15) is 0 Å². The van der Waals surface area contributed by atoms with E-state index in [0.29, 0.717) is 6.54 Å². The first-order valence-corrected chi connectivity index (χ1v) is 11.2. The summed E-state index contributed by atoms with van der Waals surface area (Å²) in [6.07, 6.45) is 4.65. The van der Waals surface area contributed by atoms with E-state index in [1.54, 1.807) is 12.4 Å². The van der Waals surface area contributed by atoms with Crippen LogP contribution in [0.2, 0.25) is 0 Å². The van der Waals surface area contributed by atoms with Crippen LogP contribution in [0, 0.1) is 0 Å². The van der Waals surface area contributed by atoms with Crippen LogP contribution in [0.3, 0.4) is 0 Å². The highest BCUT2D eigenvalue weighted by molar-refractivity contribution is 14.0. The highest BCUT2D eigenvalue weighted by atomic mass is 127. The molecular formula is C23H36IN7O. The molecule has 0 aliphatic carbocycles. The number of nitrogens with one attached hydrogen (secondary N) is 2. The van der Waals surface area contributed by atoms with Crippen molar-refractivity contribution in [2.24, 2.45) is 4.99 Å². The first-order chi connectivity index (χ1) is 15.3. The van der Waals surface area contributed by atoms with Crippen molar-refractivity contribution in [3.8, 4) is 0 Å². The highest BCUT2D eigenvalue weighted by Gasteiger charge is 2.18. The van der Waals surface area contributed by atoms with Crippen molar-refractivity contribution < 1.29 is 5.11 Å². The third-order valence-corrected chi connectivity index (χ3v) is 5.46. The lowest BCUT2D eigenvalue weighted by molar-refractivity contribution is 0.254. The van der Waals surface area contributed by atoms with Gasteiger partial charge in [-0.1, -0.05) is 30.3 Å². The summed E-state index contributed by atoms with van der Waals surface area (Å²) in [6.45, 7) is 9.42. The second kappa shape index (κ2) is 15.0. The Morgan fingerprint density at radius 3 is 2.44 bits per heavy atom. The van der Waals surface area contributed by atoms with Gasteiger partial charge in [0.2, 0.25) is 5.95 Å². The normalized spacial score (nSPS) is 15.7. The van der Waals surface area contributed by atoms with Crippen molar-refractivity contribution in [1.29, 1.82) is 0 Å². The zero-order chi connectivity index (χ0) is 21.7. The fourth-order valence-electron chi connectivity index (χ4n) is 3.67. The van der Waals surface area contributed by atoms with Gasteiger partial charge in [-0.3, -0.25) is 9.89 Å². The quantitative estimate of drug-likeness (QED) is 0.179. The Hall–Kier alpha value is -1.98. The number of rotatable bonds is 10. The van der Waals surface area contributed by atoms with E-state index in [0.717, 1.165) is 69.7 Å². The number of aliphatic imine (C=N–C) groups is 1. The molecule has 0 radical (unpaired) electrons. The summed E-state index contributed by atoms with van der Waals surface area (Å²) in [7, 11) is 0. The van der Waals surface area contributed by atoms with E-state index >= 15 is 0 Å². The molecule has 1 aliphatic rings. The van der Waals surface area contributed by atoms with Crippen LogP contribution in [-0.4, -0.2) is 84.9 Å². The summed E-state index contributed by atoms with van der Waals surface area (Å²) in [5.41, 5.74) is 1.12. The molecular weight excluding hydrogens is 517 g/mol. The lowest BCUT2D eigenvalue weighted by Crippen LogP contribution is -2.47. The van der Waals surface area contributed by atoms with Crippen LogP contribution < -0.4 is 15.5 Å². The Morgan fingerprint density at radius 2 is 1.78 bits per heavy atom. The number of anilines is 1. The molecule has 1 saturated heterocycles. The molecule has 0 spiro atoms. The molecule has 1 fully saturated rings. The van der Waals surface area contributed by atoms with Crippen LogP contribution in [0.4, 0.5) is 5.95 Å². The van der Waals surface area contributed by atoms with Crippen LogP contribution in [0.25, 0.3) is 0 Å². The average molecular weight is 553 g/mol. The van der Waals surface area contributed by atoms with E-state index in [1.807, 2.05) is 36.4 Å². The second-order valence-electron chi connectivity index (χ2n) is 7.67. The third kappa shape index (κ3) is 8.51. The van der Waals surface area contributed by atoms with Gasteiger partial charge in [0.15, 0.2) is 5.96 Å².